The van der Waals surface area contributed by atoms with E-state index in [0.29, 0.717) is 22.7 Å². The molecule has 0 aliphatic carbocycles. The number of oxazole rings is 1. The van der Waals surface area contributed by atoms with Crippen molar-refractivity contribution in [3.05, 3.63) is 86.9 Å². The minimum atomic E-state index is -0.571. The highest BCUT2D eigenvalue weighted by Crippen LogP contribution is 2.28. The highest BCUT2D eigenvalue weighted by molar-refractivity contribution is 6.34. The Kier molecular flexibility index (Phi) is 4.74. The first-order valence-electron chi connectivity index (χ1n) is 8.63. The molecule has 4 rings (SSSR count). The standard InChI is InChI=1S/C21H14ClN3O4/c1-12-5-8-18-19(9-12)29-21(24-18)13-3-2-4-14(10-13)23-20(26)16-7-6-15(25(27)28)11-17(16)22/h2-11H,1H3,(H,23,26). The molecular weight excluding hydrogens is 394 g/mol. The van der Waals surface area contributed by atoms with Crippen molar-refractivity contribution in [3.8, 4) is 11.5 Å². The van der Waals surface area contributed by atoms with Gasteiger partial charge in [-0.15, -0.1) is 0 Å². The molecule has 1 heterocycles. The zero-order chi connectivity index (χ0) is 20.5. The molecule has 0 saturated carbocycles. The van der Waals surface area contributed by atoms with E-state index < -0.39 is 10.8 Å². The van der Waals surface area contributed by atoms with Crippen molar-refractivity contribution in [3.63, 3.8) is 0 Å². The predicted molar refractivity (Wildman–Crippen MR) is 110 cm³/mol. The average molecular weight is 408 g/mol. The van der Waals surface area contributed by atoms with Gasteiger partial charge < -0.3 is 9.73 Å². The molecular formula is C21H14ClN3O4. The van der Waals surface area contributed by atoms with Crippen molar-refractivity contribution in [2.24, 2.45) is 0 Å². The monoisotopic (exact) mass is 407 g/mol. The zero-order valence-electron chi connectivity index (χ0n) is 15.2. The molecule has 1 aromatic heterocycles. The van der Waals surface area contributed by atoms with Crippen LogP contribution >= 0.6 is 11.6 Å². The number of non-ortho nitro benzene ring substituents is 1. The number of amides is 1. The van der Waals surface area contributed by atoms with Crippen LogP contribution in [-0.4, -0.2) is 15.8 Å². The Hall–Kier alpha value is -3.71. The van der Waals surface area contributed by atoms with Gasteiger partial charge in [0.05, 0.1) is 15.5 Å². The summed E-state index contributed by atoms with van der Waals surface area (Å²) in [4.78, 5) is 27.3. The van der Waals surface area contributed by atoms with Gasteiger partial charge in [0.25, 0.3) is 11.6 Å². The lowest BCUT2D eigenvalue weighted by Gasteiger charge is -2.07. The highest BCUT2D eigenvalue weighted by Gasteiger charge is 2.16. The van der Waals surface area contributed by atoms with Crippen LogP contribution < -0.4 is 5.32 Å². The number of rotatable bonds is 4. The van der Waals surface area contributed by atoms with Crippen LogP contribution in [0.15, 0.2) is 65.1 Å². The third-order valence-electron chi connectivity index (χ3n) is 4.32. The van der Waals surface area contributed by atoms with Crippen LogP contribution in [0.5, 0.6) is 0 Å². The van der Waals surface area contributed by atoms with Gasteiger partial charge >= 0.3 is 0 Å². The first kappa shape index (κ1) is 18.6. The molecule has 29 heavy (non-hydrogen) atoms. The van der Waals surface area contributed by atoms with Crippen LogP contribution in [0.25, 0.3) is 22.6 Å². The van der Waals surface area contributed by atoms with E-state index in [1.54, 1.807) is 18.2 Å². The van der Waals surface area contributed by atoms with Crippen LogP contribution in [0.3, 0.4) is 0 Å². The number of hydrogen-bond donors (Lipinski definition) is 1. The second kappa shape index (κ2) is 7.37. The molecule has 1 N–H and O–H groups in total. The molecule has 0 atom stereocenters. The number of aromatic nitrogens is 1. The van der Waals surface area contributed by atoms with Gasteiger partial charge in [0.1, 0.15) is 5.52 Å². The summed E-state index contributed by atoms with van der Waals surface area (Å²) in [7, 11) is 0. The van der Waals surface area contributed by atoms with Crippen molar-refractivity contribution in [2.75, 3.05) is 5.32 Å². The van der Waals surface area contributed by atoms with E-state index in [2.05, 4.69) is 10.3 Å². The number of nitro groups is 1. The largest absolute Gasteiger partial charge is 0.436 e. The molecule has 0 bridgehead atoms. The van der Waals surface area contributed by atoms with Crippen molar-refractivity contribution in [1.29, 1.82) is 0 Å². The normalized spacial score (nSPS) is 10.8. The smallest absolute Gasteiger partial charge is 0.270 e. The van der Waals surface area contributed by atoms with Crippen molar-refractivity contribution in [1.82, 2.24) is 4.98 Å². The molecule has 0 aliphatic rings. The predicted octanol–water partition coefficient (Wildman–Crippen LogP) is 5.62. The van der Waals surface area contributed by atoms with Gasteiger partial charge in [-0.25, -0.2) is 4.98 Å². The molecule has 3 aromatic carbocycles. The van der Waals surface area contributed by atoms with Gasteiger partial charge in [0.2, 0.25) is 5.89 Å². The van der Waals surface area contributed by atoms with Crippen molar-refractivity contribution < 1.29 is 14.1 Å². The number of benzene rings is 3. The molecule has 0 aliphatic heterocycles. The topological polar surface area (TPSA) is 98.3 Å². The number of nitrogens with zero attached hydrogens (tertiary/aromatic N) is 2. The molecule has 144 valence electrons. The first-order chi connectivity index (χ1) is 13.9. The van der Waals surface area contributed by atoms with Gasteiger partial charge in [-0.05, 0) is 48.9 Å². The maximum absolute atomic E-state index is 12.5. The summed E-state index contributed by atoms with van der Waals surface area (Å²) in [5.74, 6) is -0.0368. The SMILES string of the molecule is Cc1ccc2nc(-c3cccc(NC(=O)c4ccc([N+](=O)[O-])cc4Cl)c3)oc2c1. The average Bonchev–Trinajstić information content (AvgIpc) is 3.11. The Morgan fingerprint density at radius 2 is 1.97 bits per heavy atom. The second-order valence-corrected chi connectivity index (χ2v) is 6.85. The minimum absolute atomic E-state index is 0.00201. The molecule has 0 spiro atoms. The van der Waals surface area contributed by atoms with E-state index in [-0.39, 0.29) is 16.3 Å². The maximum Gasteiger partial charge on any atom is 0.270 e. The summed E-state index contributed by atoms with van der Waals surface area (Å²) in [5.41, 5.74) is 3.68. The second-order valence-electron chi connectivity index (χ2n) is 6.45. The van der Waals surface area contributed by atoms with Gasteiger partial charge in [-0.3, -0.25) is 14.9 Å². The van der Waals surface area contributed by atoms with E-state index in [9.17, 15) is 14.9 Å². The summed E-state index contributed by atoms with van der Waals surface area (Å²) in [6.07, 6.45) is 0. The number of anilines is 1. The lowest BCUT2D eigenvalue weighted by Crippen LogP contribution is -2.12. The van der Waals surface area contributed by atoms with Crippen LogP contribution in [-0.2, 0) is 0 Å². The van der Waals surface area contributed by atoms with E-state index in [1.807, 2.05) is 31.2 Å². The van der Waals surface area contributed by atoms with Gasteiger partial charge in [-0.2, -0.15) is 0 Å². The fraction of sp³-hybridized carbons (Fsp3) is 0.0476. The van der Waals surface area contributed by atoms with E-state index in [1.165, 1.54) is 12.1 Å². The Morgan fingerprint density at radius 3 is 2.72 bits per heavy atom. The summed E-state index contributed by atoms with van der Waals surface area (Å²) >= 11 is 6.03. The number of halogens is 1. The molecule has 1 amide bonds. The van der Waals surface area contributed by atoms with Crippen LogP contribution in [0.1, 0.15) is 15.9 Å². The number of nitro benzene ring substituents is 1. The van der Waals surface area contributed by atoms with E-state index >= 15 is 0 Å². The fourth-order valence-electron chi connectivity index (χ4n) is 2.89. The van der Waals surface area contributed by atoms with Gasteiger partial charge in [-0.1, -0.05) is 23.7 Å². The van der Waals surface area contributed by atoms with Gasteiger partial charge in [0.15, 0.2) is 5.58 Å². The molecule has 0 fully saturated rings. The highest BCUT2D eigenvalue weighted by atomic mass is 35.5. The number of carbonyl (C=O) groups is 1. The Morgan fingerprint density at radius 1 is 1.14 bits per heavy atom. The Labute approximate surface area is 170 Å². The zero-order valence-corrected chi connectivity index (χ0v) is 15.9. The third-order valence-corrected chi connectivity index (χ3v) is 4.63. The summed E-state index contributed by atoms with van der Waals surface area (Å²) in [6.45, 7) is 1.97. The lowest BCUT2D eigenvalue weighted by molar-refractivity contribution is -0.384. The maximum atomic E-state index is 12.5. The van der Waals surface area contributed by atoms with E-state index in [4.69, 9.17) is 16.0 Å². The van der Waals surface area contributed by atoms with Crippen molar-refractivity contribution in [2.45, 2.75) is 6.92 Å². The quantitative estimate of drug-likeness (QED) is 0.350. The molecule has 0 unspecified atom stereocenters. The molecule has 0 radical (unpaired) electrons. The van der Waals surface area contributed by atoms with Gasteiger partial charge in [0, 0.05) is 23.4 Å². The number of carbonyl (C=O) groups excluding carboxylic acids is 1. The minimum Gasteiger partial charge on any atom is -0.436 e. The first-order valence-corrected chi connectivity index (χ1v) is 9.01. The van der Waals surface area contributed by atoms with Crippen molar-refractivity contribution >= 4 is 40.0 Å². The molecule has 4 aromatic rings. The Balaban J connectivity index is 1.60. The van der Waals surface area contributed by atoms with Crippen LogP contribution in [0.4, 0.5) is 11.4 Å². The molecule has 0 saturated heterocycles. The van der Waals surface area contributed by atoms with Crippen LogP contribution in [0, 0.1) is 17.0 Å². The fourth-order valence-corrected chi connectivity index (χ4v) is 3.15. The summed E-state index contributed by atoms with van der Waals surface area (Å²) in [5, 5.41) is 13.6. The number of aryl methyl sites for hydroxylation is 1. The van der Waals surface area contributed by atoms with E-state index in [0.717, 1.165) is 17.1 Å². The summed E-state index contributed by atoms with van der Waals surface area (Å²) < 4.78 is 5.83. The molecule has 8 heteroatoms. The third kappa shape index (κ3) is 3.81. The summed E-state index contributed by atoms with van der Waals surface area (Å²) in [6, 6.07) is 16.5. The Bertz CT molecular complexity index is 1270. The van der Waals surface area contributed by atoms with Crippen LogP contribution in [0.2, 0.25) is 5.02 Å². The number of fused-ring (bicyclic) bond motifs is 1. The number of hydrogen-bond acceptors (Lipinski definition) is 5. The number of nitrogens with one attached hydrogen (secondary N) is 1. The lowest BCUT2D eigenvalue weighted by atomic mass is 10.1. The molecule has 7 nitrogen and oxygen atoms in total.